The summed E-state index contributed by atoms with van der Waals surface area (Å²) in [7, 11) is 1.54. The van der Waals surface area contributed by atoms with Crippen molar-refractivity contribution in [2.45, 2.75) is 108 Å². The largest absolute Gasteiger partial charge is 0.462 e. The Morgan fingerprint density at radius 1 is 1.05 bits per heavy atom. The zero-order valence-corrected chi connectivity index (χ0v) is 24.0. The highest BCUT2D eigenvalue weighted by atomic mass is 16.8. The first kappa shape index (κ1) is 31.1. The molecule has 4 rings (SSSR count). The van der Waals surface area contributed by atoms with Crippen molar-refractivity contribution in [2.75, 3.05) is 13.7 Å². The molecule has 3 saturated heterocycles. The van der Waals surface area contributed by atoms with Gasteiger partial charge in [-0.1, -0.05) is 36.4 Å². The first-order valence-corrected chi connectivity index (χ1v) is 13.9. The van der Waals surface area contributed by atoms with Crippen LogP contribution in [0.15, 0.2) is 43.0 Å². The smallest absolute Gasteiger partial charge is 0.303 e. The number of hydrogen-bond donors (Lipinski definition) is 0. The normalized spacial score (nSPS) is 33.1. The molecule has 0 saturated carbocycles. The van der Waals surface area contributed by atoms with Gasteiger partial charge < -0.3 is 37.9 Å². The minimum Gasteiger partial charge on any atom is -0.462 e. The van der Waals surface area contributed by atoms with Crippen molar-refractivity contribution in [1.29, 1.82) is 0 Å². The maximum absolute atomic E-state index is 12.3. The molecule has 0 radical (unpaired) electrons. The first-order chi connectivity index (χ1) is 19.7. The van der Waals surface area contributed by atoms with Gasteiger partial charge in [-0.25, -0.2) is 0 Å². The van der Waals surface area contributed by atoms with Crippen molar-refractivity contribution in [3.8, 4) is 0 Å². The molecule has 11 nitrogen and oxygen atoms in total. The van der Waals surface area contributed by atoms with Crippen LogP contribution in [0.4, 0.5) is 0 Å². The van der Waals surface area contributed by atoms with Gasteiger partial charge in [0.05, 0.1) is 18.8 Å². The number of benzene rings is 1. The molecule has 41 heavy (non-hydrogen) atoms. The van der Waals surface area contributed by atoms with Crippen LogP contribution < -0.4 is 0 Å². The lowest BCUT2D eigenvalue weighted by molar-refractivity contribution is -0.382. The quantitative estimate of drug-likeness (QED) is 0.207. The maximum Gasteiger partial charge on any atom is 0.303 e. The van der Waals surface area contributed by atoms with Gasteiger partial charge in [0.25, 0.3) is 0 Å². The van der Waals surface area contributed by atoms with E-state index in [-0.39, 0.29) is 25.7 Å². The minimum atomic E-state index is -1.21. The second-order valence-corrected chi connectivity index (χ2v) is 10.6. The lowest BCUT2D eigenvalue weighted by Crippen LogP contribution is -2.69. The third-order valence-corrected chi connectivity index (χ3v) is 7.55. The summed E-state index contributed by atoms with van der Waals surface area (Å²) in [6.45, 7) is 7.80. The third kappa shape index (κ3) is 7.52. The van der Waals surface area contributed by atoms with Crippen LogP contribution in [0.1, 0.15) is 52.0 Å². The van der Waals surface area contributed by atoms with E-state index in [0.29, 0.717) is 19.3 Å². The SMILES string of the molecule is C=CCC1CCC2(OC)O[C@@H]3[C@@H](OC(C[C@H](COC(C)=O)OC(C)=O)[C@@H]3OCc3ccccc3)[C@H](OC(C)=O)[C@H]2O1. The van der Waals surface area contributed by atoms with Crippen molar-refractivity contribution in [3.05, 3.63) is 48.6 Å². The molecule has 3 unspecified atom stereocenters. The minimum absolute atomic E-state index is 0.139. The fourth-order valence-corrected chi connectivity index (χ4v) is 5.85. The molecule has 0 amide bonds. The van der Waals surface area contributed by atoms with E-state index < -0.39 is 66.4 Å². The molecule has 0 spiro atoms. The molecule has 9 atom stereocenters. The lowest BCUT2D eigenvalue weighted by Gasteiger charge is -2.53. The number of ether oxygens (including phenoxy) is 8. The number of methoxy groups -OCH3 is 1. The zero-order valence-electron chi connectivity index (χ0n) is 24.0. The van der Waals surface area contributed by atoms with Gasteiger partial charge in [-0.05, 0) is 18.4 Å². The summed E-state index contributed by atoms with van der Waals surface area (Å²) in [5.41, 5.74) is 0.936. The Bertz CT molecular complexity index is 1060. The highest BCUT2D eigenvalue weighted by Crippen LogP contribution is 2.48. The average molecular weight is 577 g/mol. The summed E-state index contributed by atoms with van der Waals surface area (Å²) in [5, 5.41) is 0. The highest BCUT2D eigenvalue weighted by Gasteiger charge is 2.65. The Morgan fingerprint density at radius 3 is 2.44 bits per heavy atom. The van der Waals surface area contributed by atoms with E-state index in [1.807, 2.05) is 30.3 Å². The van der Waals surface area contributed by atoms with Gasteiger partial charge in [0.15, 0.2) is 18.0 Å². The van der Waals surface area contributed by atoms with E-state index in [0.717, 1.165) is 5.56 Å². The Kier molecular flexibility index (Phi) is 10.5. The summed E-state index contributed by atoms with van der Waals surface area (Å²) in [4.78, 5) is 35.7. The van der Waals surface area contributed by atoms with E-state index >= 15 is 0 Å². The molecule has 226 valence electrons. The predicted molar refractivity (Wildman–Crippen MR) is 143 cm³/mol. The summed E-state index contributed by atoms with van der Waals surface area (Å²) in [5.74, 6) is -2.75. The number of fused-ring (bicyclic) bond motifs is 2. The van der Waals surface area contributed by atoms with E-state index in [1.54, 1.807) is 6.08 Å². The molecule has 3 fully saturated rings. The monoisotopic (exact) mass is 576 g/mol. The second-order valence-electron chi connectivity index (χ2n) is 10.6. The topological polar surface area (TPSA) is 125 Å². The predicted octanol–water partition coefficient (Wildman–Crippen LogP) is 3.02. The van der Waals surface area contributed by atoms with Crippen LogP contribution in [0.5, 0.6) is 0 Å². The van der Waals surface area contributed by atoms with Gasteiger partial charge in [-0.3, -0.25) is 14.4 Å². The highest BCUT2D eigenvalue weighted by molar-refractivity contribution is 5.67. The number of rotatable bonds is 12. The molecule has 11 heteroatoms. The molecule has 1 aromatic rings. The molecule has 0 aliphatic carbocycles. The van der Waals surface area contributed by atoms with E-state index in [9.17, 15) is 14.4 Å². The van der Waals surface area contributed by atoms with Crippen LogP contribution in [0.3, 0.4) is 0 Å². The number of carbonyl (C=O) groups excluding carboxylic acids is 3. The van der Waals surface area contributed by atoms with Crippen molar-refractivity contribution in [1.82, 2.24) is 0 Å². The van der Waals surface area contributed by atoms with Crippen molar-refractivity contribution in [3.63, 3.8) is 0 Å². The maximum atomic E-state index is 12.3. The van der Waals surface area contributed by atoms with Crippen LogP contribution >= 0.6 is 0 Å². The second kappa shape index (κ2) is 13.9. The van der Waals surface area contributed by atoms with Crippen molar-refractivity contribution >= 4 is 17.9 Å². The molecule has 0 N–H and O–H groups in total. The summed E-state index contributed by atoms with van der Waals surface area (Å²) in [6.07, 6.45) is -1.75. The fraction of sp³-hybridized carbons (Fsp3) is 0.633. The van der Waals surface area contributed by atoms with Crippen LogP contribution in [-0.2, 0) is 58.9 Å². The Morgan fingerprint density at radius 2 is 1.80 bits per heavy atom. The fourth-order valence-electron chi connectivity index (χ4n) is 5.85. The van der Waals surface area contributed by atoms with E-state index in [4.69, 9.17) is 37.9 Å². The van der Waals surface area contributed by atoms with Gasteiger partial charge in [-0.15, -0.1) is 6.58 Å². The van der Waals surface area contributed by atoms with Gasteiger partial charge in [0.1, 0.15) is 31.0 Å². The molecular formula is C30H40O11. The van der Waals surface area contributed by atoms with Crippen molar-refractivity contribution in [2.24, 2.45) is 0 Å². The average Bonchev–Trinajstić information content (AvgIpc) is 3.27. The summed E-state index contributed by atoms with van der Waals surface area (Å²) >= 11 is 0. The van der Waals surface area contributed by atoms with Crippen LogP contribution in [0.25, 0.3) is 0 Å². The van der Waals surface area contributed by atoms with Gasteiger partial charge in [-0.2, -0.15) is 0 Å². The number of carbonyl (C=O) groups is 3. The lowest BCUT2D eigenvalue weighted by atomic mass is 9.84. The Hall–Kier alpha value is -2.83. The van der Waals surface area contributed by atoms with Crippen molar-refractivity contribution < 1.29 is 52.3 Å². The molecule has 1 aromatic carbocycles. The van der Waals surface area contributed by atoms with Gasteiger partial charge in [0.2, 0.25) is 0 Å². The molecular weight excluding hydrogens is 536 g/mol. The molecule has 3 aliphatic heterocycles. The van der Waals surface area contributed by atoms with E-state index in [1.165, 1.54) is 27.9 Å². The summed E-state index contributed by atoms with van der Waals surface area (Å²) < 4.78 is 48.5. The third-order valence-electron chi connectivity index (χ3n) is 7.55. The standard InChI is InChI=1S/C30H40O11/c1-6-10-22-13-14-30(34-5)29(39-22)28(38-20(4)33)26-27(41-30)25(36-16-21-11-8-7-9-12-21)24(40-26)15-23(37-19(3)32)17-35-18(2)31/h6-9,11-12,22-29H,1,10,13-17H2,2-5H3/t22?,23-,24?,25+,26-,27+,28+,29-,30?/m1/s1. The van der Waals surface area contributed by atoms with Crippen LogP contribution in [0.2, 0.25) is 0 Å². The summed E-state index contributed by atoms with van der Waals surface area (Å²) in [6, 6.07) is 9.62. The Labute approximate surface area is 240 Å². The number of esters is 3. The first-order valence-electron chi connectivity index (χ1n) is 13.9. The molecule has 3 aliphatic rings. The molecule has 0 aromatic heterocycles. The molecule has 3 heterocycles. The van der Waals surface area contributed by atoms with Gasteiger partial charge in [0, 0.05) is 40.7 Å². The molecule has 0 bridgehead atoms. The Balaban J connectivity index is 1.66. The van der Waals surface area contributed by atoms with Crippen LogP contribution in [-0.4, -0.2) is 86.2 Å². The van der Waals surface area contributed by atoms with E-state index in [2.05, 4.69) is 6.58 Å². The van der Waals surface area contributed by atoms with Gasteiger partial charge >= 0.3 is 17.9 Å². The zero-order chi connectivity index (χ0) is 29.6. The number of hydrogen-bond acceptors (Lipinski definition) is 11. The van der Waals surface area contributed by atoms with Crippen LogP contribution in [0, 0.1) is 0 Å².